The molecule has 0 unspecified atom stereocenters. The molecule has 0 N–H and O–H groups in total. The smallest absolute Gasteiger partial charge is 0.0622 e. The van der Waals surface area contributed by atoms with Crippen LogP contribution in [0.5, 0.6) is 0 Å². The van der Waals surface area contributed by atoms with Gasteiger partial charge in [-0.25, -0.2) is 0 Å². The first-order valence-electron chi connectivity index (χ1n) is 8.39. The van der Waals surface area contributed by atoms with Gasteiger partial charge in [-0.1, -0.05) is 6.42 Å². The lowest BCUT2D eigenvalue weighted by molar-refractivity contribution is 0.0682. The van der Waals surface area contributed by atoms with E-state index in [1.165, 1.54) is 64.7 Å². The van der Waals surface area contributed by atoms with Crippen LogP contribution in [-0.4, -0.2) is 61.3 Å². The Bertz CT molecular complexity index is 278. The molecule has 0 amide bonds. The molecule has 0 spiro atoms. The molecule has 3 heterocycles. The molecule has 3 aliphatic rings. The molecule has 3 fully saturated rings. The van der Waals surface area contributed by atoms with Crippen LogP contribution in [0.15, 0.2) is 0 Å². The van der Waals surface area contributed by atoms with Crippen LogP contribution in [0.3, 0.4) is 0 Å². The maximum Gasteiger partial charge on any atom is 0.0622 e. The standard InChI is InChI=1S/C16H30N2O/c1-14-5-2-3-8-17(14)11-15-6-4-9-18(12-15)16-7-10-19-13-16/h14-16H,2-13H2,1H3/t14-,15-,16+/m1/s1. The van der Waals surface area contributed by atoms with Gasteiger partial charge in [-0.15, -0.1) is 0 Å². The first kappa shape index (κ1) is 13.8. The Kier molecular flexibility index (Phi) is 4.78. The zero-order chi connectivity index (χ0) is 13.1. The van der Waals surface area contributed by atoms with Gasteiger partial charge in [-0.3, -0.25) is 4.90 Å². The van der Waals surface area contributed by atoms with Crippen LogP contribution in [0.1, 0.15) is 45.4 Å². The highest BCUT2D eigenvalue weighted by molar-refractivity contribution is 4.84. The molecule has 0 aromatic rings. The van der Waals surface area contributed by atoms with E-state index in [-0.39, 0.29) is 0 Å². The van der Waals surface area contributed by atoms with Crippen LogP contribution in [0.2, 0.25) is 0 Å². The summed E-state index contributed by atoms with van der Waals surface area (Å²) in [5.74, 6) is 0.898. The first-order valence-corrected chi connectivity index (χ1v) is 8.39. The predicted molar refractivity (Wildman–Crippen MR) is 78.4 cm³/mol. The van der Waals surface area contributed by atoms with Gasteiger partial charge in [0.15, 0.2) is 0 Å². The summed E-state index contributed by atoms with van der Waals surface area (Å²) in [6.45, 7) is 9.68. The molecule has 0 aromatic carbocycles. The fourth-order valence-electron chi connectivity index (χ4n) is 4.15. The second-order valence-corrected chi connectivity index (χ2v) is 6.86. The average Bonchev–Trinajstić information content (AvgIpc) is 2.96. The Balaban J connectivity index is 1.50. The van der Waals surface area contributed by atoms with Crippen molar-refractivity contribution in [3.63, 3.8) is 0 Å². The highest BCUT2D eigenvalue weighted by Gasteiger charge is 2.30. The molecule has 0 saturated carbocycles. The summed E-state index contributed by atoms with van der Waals surface area (Å²) in [5.41, 5.74) is 0. The molecular formula is C16H30N2O. The highest BCUT2D eigenvalue weighted by atomic mass is 16.5. The van der Waals surface area contributed by atoms with Crippen LogP contribution in [0.25, 0.3) is 0 Å². The first-order chi connectivity index (χ1) is 9.33. The molecule has 3 nitrogen and oxygen atoms in total. The van der Waals surface area contributed by atoms with Gasteiger partial charge in [-0.05, 0) is 58.0 Å². The summed E-state index contributed by atoms with van der Waals surface area (Å²) in [6.07, 6.45) is 8.35. The van der Waals surface area contributed by atoms with Gasteiger partial charge in [0, 0.05) is 31.8 Å². The van der Waals surface area contributed by atoms with Gasteiger partial charge in [0.1, 0.15) is 0 Å². The van der Waals surface area contributed by atoms with Gasteiger partial charge in [0.2, 0.25) is 0 Å². The SMILES string of the molecule is C[C@@H]1CCCCN1C[C@H]1CCCN([C@H]2CCOC2)C1. The molecule has 3 saturated heterocycles. The van der Waals surface area contributed by atoms with Crippen molar-refractivity contribution >= 4 is 0 Å². The van der Waals surface area contributed by atoms with Crippen LogP contribution < -0.4 is 0 Å². The molecule has 3 heteroatoms. The molecule has 0 aliphatic carbocycles. The Morgan fingerprint density at radius 2 is 2.00 bits per heavy atom. The monoisotopic (exact) mass is 266 g/mol. The normalized spacial score (nSPS) is 38.7. The van der Waals surface area contributed by atoms with E-state index in [1.54, 1.807) is 0 Å². The van der Waals surface area contributed by atoms with Crippen molar-refractivity contribution in [3.8, 4) is 0 Å². The summed E-state index contributed by atoms with van der Waals surface area (Å²) in [4.78, 5) is 5.47. The molecule has 3 rings (SSSR count). The molecule has 0 bridgehead atoms. The summed E-state index contributed by atoms with van der Waals surface area (Å²) in [7, 11) is 0. The van der Waals surface area contributed by atoms with Crippen molar-refractivity contribution in [2.24, 2.45) is 5.92 Å². The molecular weight excluding hydrogens is 236 g/mol. The Labute approximate surface area is 118 Å². The minimum atomic E-state index is 0.724. The molecule has 110 valence electrons. The van der Waals surface area contributed by atoms with Crippen molar-refractivity contribution in [2.45, 2.75) is 57.5 Å². The quantitative estimate of drug-likeness (QED) is 0.780. The number of ether oxygens (including phenoxy) is 1. The molecule has 19 heavy (non-hydrogen) atoms. The summed E-state index contributed by atoms with van der Waals surface area (Å²) < 4.78 is 5.56. The number of hydrogen-bond acceptors (Lipinski definition) is 3. The van der Waals surface area contributed by atoms with Crippen molar-refractivity contribution in [1.29, 1.82) is 0 Å². The van der Waals surface area contributed by atoms with Gasteiger partial charge in [-0.2, -0.15) is 0 Å². The predicted octanol–water partition coefficient (Wildman–Crippen LogP) is 2.36. The van der Waals surface area contributed by atoms with Crippen molar-refractivity contribution in [2.75, 3.05) is 39.4 Å². The van der Waals surface area contributed by atoms with Gasteiger partial charge in [0.05, 0.1) is 6.61 Å². The third-order valence-electron chi connectivity index (χ3n) is 5.41. The van der Waals surface area contributed by atoms with Gasteiger partial charge < -0.3 is 9.64 Å². The van der Waals surface area contributed by atoms with Crippen molar-refractivity contribution in [1.82, 2.24) is 9.80 Å². The molecule has 0 aromatic heterocycles. The van der Waals surface area contributed by atoms with Gasteiger partial charge in [0.25, 0.3) is 0 Å². The second kappa shape index (κ2) is 6.55. The van der Waals surface area contributed by atoms with Gasteiger partial charge >= 0.3 is 0 Å². The van der Waals surface area contributed by atoms with E-state index in [0.29, 0.717) is 0 Å². The lowest BCUT2D eigenvalue weighted by atomic mass is 9.93. The van der Waals surface area contributed by atoms with E-state index < -0.39 is 0 Å². The second-order valence-electron chi connectivity index (χ2n) is 6.86. The maximum absolute atomic E-state index is 5.56. The van der Waals surface area contributed by atoms with Crippen LogP contribution in [0, 0.1) is 5.92 Å². The minimum Gasteiger partial charge on any atom is -0.380 e. The fourth-order valence-corrected chi connectivity index (χ4v) is 4.15. The maximum atomic E-state index is 5.56. The van der Waals surface area contributed by atoms with Crippen LogP contribution in [0.4, 0.5) is 0 Å². The average molecular weight is 266 g/mol. The van der Waals surface area contributed by atoms with Crippen LogP contribution >= 0.6 is 0 Å². The number of piperidine rings is 2. The largest absolute Gasteiger partial charge is 0.380 e. The number of likely N-dealkylation sites (tertiary alicyclic amines) is 2. The fraction of sp³-hybridized carbons (Fsp3) is 1.00. The summed E-state index contributed by atoms with van der Waals surface area (Å²) in [5, 5.41) is 0. The number of rotatable bonds is 3. The Morgan fingerprint density at radius 3 is 2.79 bits per heavy atom. The molecule has 0 radical (unpaired) electrons. The van der Waals surface area contributed by atoms with E-state index in [1.807, 2.05) is 0 Å². The lowest BCUT2D eigenvalue weighted by Crippen LogP contribution is -2.48. The zero-order valence-corrected chi connectivity index (χ0v) is 12.5. The topological polar surface area (TPSA) is 15.7 Å². The third kappa shape index (κ3) is 3.50. The number of hydrogen-bond donors (Lipinski definition) is 0. The van der Waals surface area contributed by atoms with E-state index >= 15 is 0 Å². The lowest BCUT2D eigenvalue weighted by Gasteiger charge is -2.41. The zero-order valence-electron chi connectivity index (χ0n) is 12.5. The summed E-state index contributed by atoms with van der Waals surface area (Å²) >= 11 is 0. The van der Waals surface area contributed by atoms with Crippen molar-refractivity contribution in [3.05, 3.63) is 0 Å². The molecule has 3 atom stereocenters. The summed E-state index contributed by atoms with van der Waals surface area (Å²) in [6, 6.07) is 1.54. The van der Waals surface area contributed by atoms with E-state index in [4.69, 9.17) is 4.74 Å². The van der Waals surface area contributed by atoms with Crippen molar-refractivity contribution < 1.29 is 4.74 Å². The highest BCUT2D eigenvalue weighted by Crippen LogP contribution is 2.25. The minimum absolute atomic E-state index is 0.724. The third-order valence-corrected chi connectivity index (χ3v) is 5.41. The number of nitrogens with zero attached hydrogens (tertiary/aromatic N) is 2. The Hall–Kier alpha value is -0.120. The van der Waals surface area contributed by atoms with Crippen LogP contribution in [-0.2, 0) is 4.74 Å². The van der Waals surface area contributed by atoms with E-state index in [9.17, 15) is 0 Å². The molecule has 3 aliphatic heterocycles. The van der Waals surface area contributed by atoms with E-state index in [0.717, 1.165) is 31.2 Å². The Morgan fingerprint density at radius 1 is 1.05 bits per heavy atom. The van der Waals surface area contributed by atoms with E-state index in [2.05, 4.69) is 16.7 Å².